The molecule has 0 radical (unpaired) electrons. The van der Waals surface area contributed by atoms with Crippen LogP contribution in [0.15, 0.2) is 17.4 Å². The van der Waals surface area contributed by atoms with E-state index in [0.29, 0.717) is 22.7 Å². The molecule has 2 aliphatic rings. The maximum Gasteiger partial charge on any atom is 0.393 e. The smallest absolute Gasteiger partial charge is 0.356 e. The Morgan fingerprint density at radius 2 is 2.07 bits per heavy atom. The van der Waals surface area contributed by atoms with Crippen LogP contribution in [0.3, 0.4) is 0 Å². The zero-order valence-corrected chi connectivity index (χ0v) is 18.2. The third kappa shape index (κ3) is 4.94. The van der Waals surface area contributed by atoms with Crippen molar-refractivity contribution in [2.24, 2.45) is 16.8 Å². The highest BCUT2D eigenvalue weighted by Crippen LogP contribution is 2.34. The molecule has 0 aromatic carbocycles. The van der Waals surface area contributed by atoms with Crippen LogP contribution in [0.1, 0.15) is 38.0 Å². The quantitative estimate of drug-likeness (QED) is 0.699. The molecule has 1 atom stereocenters. The van der Waals surface area contributed by atoms with E-state index in [9.17, 15) is 13.2 Å². The summed E-state index contributed by atoms with van der Waals surface area (Å²) in [4.78, 5) is 16.9. The molecular weight excluding hydrogens is 411 g/mol. The van der Waals surface area contributed by atoms with E-state index in [-0.39, 0.29) is 4.88 Å². The summed E-state index contributed by atoms with van der Waals surface area (Å²) < 4.78 is 38.4. The molecule has 2 aliphatic heterocycles. The third-order valence-electron chi connectivity index (χ3n) is 5.85. The molecule has 0 aliphatic carbocycles. The number of rotatable bonds is 5. The maximum absolute atomic E-state index is 12.8. The minimum absolute atomic E-state index is 0.284. The van der Waals surface area contributed by atoms with Crippen molar-refractivity contribution in [2.75, 3.05) is 31.1 Å². The van der Waals surface area contributed by atoms with E-state index in [1.54, 1.807) is 6.07 Å². The van der Waals surface area contributed by atoms with Crippen LogP contribution < -0.4 is 10.2 Å². The fraction of sp³-hybridized carbons (Fsp3) is 0.667. The van der Waals surface area contributed by atoms with Gasteiger partial charge in [-0.05, 0) is 31.2 Å². The monoisotopic (exact) mass is 439 g/mol. The van der Waals surface area contributed by atoms with Crippen molar-refractivity contribution in [1.82, 2.24) is 15.3 Å². The van der Waals surface area contributed by atoms with Gasteiger partial charge in [-0.15, -0.1) is 11.3 Å². The molecular formula is C21H28F3N5S. The van der Waals surface area contributed by atoms with Gasteiger partial charge in [0.2, 0.25) is 0 Å². The van der Waals surface area contributed by atoms with Gasteiger partial charge in [-0.2, -0.15) is 13.2 Å². The molecule has 2 aromatic heterocycles. The normalized spacial score (nSPS) is 21.9. The molecule has 0 spiro atoms. The summed E-state index contributed by atoms with van der Waals surface area (Å²) in [5.41, 5.74) is 1.33. The van der Waals surface area contributed by atoms with Crippen LogP contribution in [0.2, 0.25) is 0 Å². The summed E-state index contributed by atoms with van der Waals surface area (Å²) >= 11 is 1.11. The number of hydrogen-bond donors (Lipinski definition) is 1. The second kappa shape index (κ2) is 8.78. The topological polar surface area (TPSA) is 53.4 Å². The average molecular weight is 440 g/mol. The summed E-state index contributed by atoms with van der Waals surface area (Å²) in [5, 5.41) is 4.06. The van der Waals surface area contributed by atoms with Gasteiger partial charge < -0.3 is 10.2 Å². The molecule has 1 unspecified atom stereocenters. The standard InChI is InChI=1S/C21H28F3N5S/c1-13(2)18(14-10-25-11-14)28-15-4-3-6-29(7-5-15)19-17-8-16(9-21(22,23)24)30-20(17)27-12-26-19/h8,12-15,25H,3-7,9-11H2,1-2H3/b28-18-. The van der Waals surface area contributed by atoms with E-state index in [0.717, 1.165) is 68.0 Å². The second-order valence-electron chi connectivity index (χ2n) is 8.56. The number of thiophene rings is 1. The number of alkyl halides is 3. The van der Waals surface area contributed by atoms with Crippen LogP contribution in [0.25, 0.3) is 10.2 Å². The summed E-state index contributed by atoms with van der Waals surface area (Å²) in [6.07, 6.45) is -0.712. The van der Waals surface area contributed by atoms with E-state index in [1.807, 2.05) is 0 Å². The molecule has 0 bridgehead atoms. The Morgan fingerprint density at radius 3 is 2.73 bits per heavy atom. The van der Waals surface area contributed by atoms with Crippen molar-refractivity contribution in [3.05, 3.63) is 17.3 Å². The largest absolute Gasteiger partial charge is 0.393 e. The number of hydrogen-bond acceptors (Lipinski definition) is 6. The van der Waals surface area contributed by atoms with Crippen LogP contribution >= 0.6 is 11.3 Å². The second-order valence-corrected chi connectivity index (χ2v) is 9.67. The predicted octanol–water partition coefficient (Wildman–Crippen LogP) is 4.47. The molecule has 9 heteroatoms. The summed E-state index contributed by atoms with van der Waals surface area (Å²) in [7, 11) is 0. The molecule has 1 N–H and O–H groups in total. The van der Waals surface area contributed by atoms with E-state index in [2.05, 4.69) is 34.0 Å². The lowest BCUT2D eigenvalue weighted by Gasteiger charge is -2.31. The third-order valence-corrected chi connectivity index (χ3v) is 6.90. The average Bonchev–Trinajstić information content (AvgIpc) is 2.87. The fourth-order valence-corrected chi connectivity index (χ4v) is 5.30. The summed E-state index contributed by atoms with van der Waals surface area (Å²) in [6.45, 7) is 8.11. The van der Waals surface area contributed by atoms with Crippen LogP contribution in [0.4, 0.5) is 19.0 Å². The lowest BCUT2D eigenvalue weighted by atomic mass is 9.89. The number of aromatic nitrogens is 2. The summed E-state index contributed by atoms with van der Waals surface area (Å²) in [5.74, 6) is 1.76. The molecule has 5 nitrogen and oxygen atoms in total. The zero-order chi connectivity index (χ0) is 21.3. The Bertz CT molecular complexity index is 904. The molecule has 30 heavy (non-hydrogen) atoms. The number of fused-ring (bicyclic) bond motifs is 1. The van der Waals surface area contributed by atoms with Crippen molar-refractivity contribution >= 4 is 33.1 Å². The molecule has 2 fully saturated rings. The van der Waals surface area contributed by atoms with E-state index < -0.39 is 12.6 Å². The highest BCUT2D eigenvalue weighted by atomic mass is 32.1. The summed E-state index contributed by atoms with van der Waals surface area (Å²) in [6, 6.07) is 1.91. The van der Waals surface area contributed by atoms with Crippen LogP contribution in [0, 0.1) is 11.8 Å². The van der Waals surface area contributed by atoms with Crippen LogP contribution in [-0.4, -0.2) is 54.1 Å². The van der Waals surface area contributed by atoms with Gasteiger partial charge in [0, 0.05) is 42.7 Å². The fourth-order valence-electron chi connectivity index (χ4n) is 4.28. The van der Waals surface area contributed by atoms with E-state index >= 15 is 0 Å². The van der Waals surface area contributed by atoms with Crippen molar-refractivity contribution in [1.29, 1.82) is 0 Å². The molecule has 4 rings (SSSR count). The van der Waals surface area contributed by atoms with Gasteiger partial charge >= 0.3 is 6.18 Å². The van der Waals surface area contributed by atoms with Gasteiger partial charge in [0.15, 0.2) is 0 Å². The Labute approximate surface area is 178 Å². The van der Waals surface area contributed by atoms with Crippen molar-refractivity contribution in [2.45, 2.75) is 51.7 Å². The highest BCUT2D eigenvalue weighted by molar-refractivity contribution is 7.18. The highest BCUT2D eigenvalue weighted by Gasteiger charge is 2.30. The molecule has 164 valence electrons. The van der Waals surface area contributed by atoms with Gasteiger partial charge in [0.25, 0.3) is 0 Å². The first-order chi connectivity index (χ1) is 14.3. The van der Waals surface area contributed by atoms with E-state index in [4.69, 9.17) is 4.99 Å². The number of halogens is 3. The molecule has 2 aromatic rings. The first-order valence-electron chi connectivity index (χ1n) is 10.6. The van der Waals surface area contributed by atoms with Crippen LogP contribution in [0.5, 0.6) is 0 Å². The molecule has 2 saturated heterocycles. The lowest BCUT2D eigenvalue weighted by molar-refractivity contribution is -0.126. The first kappa shape index (κ1) is 21.5. The molecule has 4 heterocycles. The van der Waals surface area contributed by atoms with Crippen molar-refractivity contribution in [3.8, 4) is 0 Å². The Balaban J connectivity index is 1.51. The Morgan fingerprint density at radius 1 is 1.27 bits per heavy atom. The van der Waals surface area contributed by atoms with Gasteiger partial charge in [0.05, 0.1) is 17.8 Å². The zero-order valence-electron chi connectivity index (χ0n) is 17.4. The minimum atomic E-state index is -4.22. The van der Waals surface area contributed by atoms with Gasteiger partial charge in [-0.1, -0.05) is 13.8 Å². The lowest BCUT2D eigenvalue weighted by Crippen LogP contribution is -2.48. The van der Waals surface area contributed by atoms with Crippen molar-refractivity contribution in [3.63, 3.8) is 0 Å². The van der Waals surface area contributed by atoms with Gasteiger partial charge in [0.1, 0.15) is 17.0 Å². The SMILES string of the molecule is CC(C)/C(=N/C1CCCN(c2ncnc3sc(CC(F)(F)F)cc23)CC1)C1CNC1. The first-order valence-corrected chi connectivity index (χ1v) is 11.4. The van der Waals surface area contributed by atoms with Crippen molar-refractivity contribution < 1.29 is 13.2 Å². The van der Waals surface area contributed by atoms with Gasteiger partial charge in [-0.25, -0.2) is 9.97 Å². The number of nitrogens with one attached hydrogen (secondary N) is 1. The number of nitrogens with zero attached hydrogens (tertiary/aromatic N) is 4. The predicted molar refractivity (Wildman–Crippen MR) is 116 cm³/mol. The molecule has 0 saturated carbocycles. The molecule has 0 amide bonds. The Hall–Kier alpha value is -1.74. The van der Waals surface area contributed by atoms with Crippen LogP contribution in [-0.2, 0) is 6.42 Å². The number of anilines is 1. The minimum Gasteiger partial charge on any atom is -0.356 e. The maximum atomic E-state index is 12.8. The number of aliphatic imine (C=N–C) groups is 1. The van der Waals surface area contributed by atoms with E-state index in [1.165, 1.54) is 12.0 Å². The Kier molecular flexibility index (Phi) is 6.29. The van der Waals surface area contributed by atoms with Gasteiger partial charge in [-0.3, -0.25) is 4.99 Å².